The van der Waals surface area contributed by atoms with Crippen LogP contribution in [0.4, 0.5) is 10.7 Å². The van der Waals surface area contributed by atoms with E-state index in [2.05, 4.69) is 15.4 Å². The summed E-state index contributed by atoms with van der Waals surface area (Å²) < 4.78 is 7.09. The molecule has 2 aromatic heterocycles. The molecule has 2 saturated carbocycles. The average Bonchev–Trinajstić information content (AvgIpc) is 3.69. The van der Waals surface area contributed by atoms with Crippen molar-refractivity contribution in [3.05, 3.63) is 59.0 Å². The molecule has 10 heteroatoms. The smallest absolute Gasteiger partial charge is 0.410 e. The zero-order valence-corrected chi connectivity index (χ0v) is 22.3. The van der Waals surface area contributed by atoms with E-state index in [0.29, 0.717) is 29.5 Å². The van der Waals surface area contributed by atoms with Crippen molar-refractivity contribution in [2.45, 2.75) is 63.6 Å². The number of rotatable bonds is 10. The number of ether oxygens (including phenoxy) is 1. The Balaban J connectivity index is 1.24. The number of carbonyl (C=O) groups is 2. The molecule has 2 heterocycles. The van der Waals surface area contributed by atoms with E-state index >= 15 is 0 Å². The van der Waals surface area contributed by atoms with Crippen LogP contribution in [0.5, 0.6) is 0 Å². The van der Waals surface area contributed by atoms with Gasteiger partial charge in [0.05, 0.1) is 23.1 Å². The molecule has 0 unspecified atom stereocenters. The number of aryl methyl sites for hydroxylation is 1. The van der Waals surface area contributed by atoms with Crippen molar-refractivity contribution < 1.29 is 14.3 Å². The minimum Gasteiger partial charge on any atom is -0.442 e. The van der Waals surface area contributed by atoms with Crippen molar-refractivity contribution in [1.82, 2.24) is 24.6 Å². The van der Waals surface area contributed by atoms with Crippen molar-refractivity contribution in [2.24, 2.45) is 13.0 Å². The van der Waals surface area contributed by atoms with Crippen LogP contribution in [-0.4, -0.2) is 55.7 Å². The summed E-state index contributed by atoms with van der Waals surface area (Å²) in [6.45, 7) is 0.204. The Morgan fingerprint density at radius 3 is 2.63 bits per heavy atom. The highest BCUT2D eigenvalue weighted by molar-refractivity contribution is 6.32. The number of anilines is 1. The first-order valence-corrected chi connectivity index (χ1v) is 13.6. The Hall–Kier alpha value is -3.46. The molecule has 5 rings (SSSR count). The number of aromatic nitrogens is 4. The molecule has 9 nitrogen and oxygen atoms in total. The minimum atomic E-state index is -0.457. The number of hydrogen-bond donors (Lipinski definition) is 1. The lowest BCUT2D eigenvalue weighted by molar-refractivity contribution is -0.110. The molecule has 0 saturated heterocycles. The zero-order valence-electron chi connectivity index (χ0n) is 21.6. The topological polar surface area (TPSA) is 102 Å². The normalized spacial score (nSPS) is 19.1. The lowest BCUT2D eigenvalue weighted by Crippen LogP contribution is -2.44. The van der Waals surface area contributed by atoms with Gasteiger partial charge in [-0.1, -0.05) is 41.9 Å². The molecule has 0 aliphatic heterocycles. The quantitative estimate of drug-likeness (QED) is 0.362. The van der Waals surface area contributed by atoms with Crippen LogP contribution >= 0.6 is 11.6 Å². The van der Waals surface area contributed by atoms with Gasteiger partial charge in [-0.25, -0.2) is 14.8 Å². The zero-order chi connectivity index (χ0) is 26.5. The van der Waals surface area contributed by atoms with E-state index < -0.39 is 6.09 Å². The van der Waals surface area contributed by atoms with Crippen LogP contribution in [0, 0.1) is 5.92 Å². The van der Waals surface area contributed by atoms with Crippen molar-refractivity contribution in [3.8, 4) is 11.3 Å². The standard InChI is InChI=1S/C28H33ClN6O3/c1-34-25(15-19-7-8-19)23(16-31-34)26-24(29)17-30-27(33-26)32-21-9-11-22(12-10-21)35(28(37)38-14-13-36)18-20-5-3-2-4-6-20/h2-6,13,16-17,19,21-22H,7-12,14-15,18H2,1H3,(H,30,32,33). The number of halogens is 1. The van der Waals surface area contributed by atoms with E-state index in [1.165, 1.54) is 12.8 Å². The van der Waals surface area contributed by atoms with E-state index in [-0.39, 0.29) is 18.7 Å². The van der Waals surface area contributed by atoms with Crippen molar-refractivity contribution in [1.29, 1.82) is 0 Å². The third-order valence-electron chi connectivity index (χ3n) is 7.42. The maximum absolute atomic E-state index is 12.8. The highest BCUT2D eigenvalue weighted by atomic mass is 35.5. The molecule has 38 heavy (non-hydrogen) atoms. The summed E-state index contributed by atoms with van der Waals surface area (Å²) in [5.74, 6) is 1.26. The number of aldehydes is 1. The molecule has 2 fully saturated rings. The summed E-state index contributed by atoms with van der Waals surface area (Å²) in [6, 6.07) is 10.0. The lowest BCUT2D eigenvalue weighted by Gasteiger charge is -2.36. The van der Waals surface area contributed by atoms with Gasteiger partial charge >= 0.3 is 6.09 Å². The van der Waals surface area contributed by atoms with Crippen LogP contribution in [-0.2, 0) is 29.5 Å². The molecule has 0 spiro atoms. The van der Waals surface area contributed by atoms with E-state index in [9.17, 15) is 9.59 Å². The number of benzene rings is 1. The molecule has 0 radical (unpaired) electrons. The van der Waals surface area contributed by atoms with E-state index in [1.807, 2.05) is 48.3 Å². The third-order valence-corrected chi connectivity index (χ3v) is 7.69. The summed E-state index contributed by atoms with van der Waals surface area (Å²) in [6.07, 6.45) is 10.4. The monoisotopic (exact) mass is 536 g/mol. The second-order valence-corrected chi connectivity index (χ2v) is 10.6. The molecule has 0 atom stereocenters. The van der Waals surface area contributed by atoms with Gasteiger partial charge in [-0.15, -0.1) is 0 Å². The predicted molar refractivity (Wildman–Crippen MR) is 145 cm³/mol. The molecule has 0 bridgehead atoms. The fourth-order valence-corrected chi connectivity index (χ4v) is 5.34. The van der Waals surface area contributed by atoms with Crippen LogP contribution < -0.4 is 5.32 Å². The molecule has 1 amide bonds. The van der Waals surface area contributed by atoms with Gasteiger partial charge in [0.1, 0.15) is 6.61 Å². The van der Waals surface area contributed by atoms with E-state index in [4.69, 9.17) is 21.3 Å². The highest BCUT2D eigenvalue weighted by Crippen LogP contribution is 2.37. The maximum atomic E-state index is 12.8. The summed E-state index contributed by atoms with van der Waals surface area (Å²) in [5.41, 5.74) is 3.84. The molecule has 1 aromatic carbocycles. The number of amides is 1. The lowest BCUT2D eigenvalue weighted by atomic mass is 9.90. The van der Waals surface area contributed by atoms with Crippen LogP contribution in [0.2, 0.25) is 5.02 Å². The van der Waals surface area contributed by atoms with Crippen molar-refractivity contribution in [3.63, 3.8) is 0 Å². The molecule has 2 aliphatic rings. The van der Waals surface area contributed by atoms with Gasteiger partial charge in [0, 0.05) is 36.9 Å². The summed E-state index contributed by atoms with van der Waals surface area (Å²) in [4.78, 5) is 34.5. The van der Waals surface area contributed by atoms with Gasteiger partial charge in [-0.3, -0.25) is 9.48 Å². The van der Waals surface area contributed by atoms with Crippen LogP contribution in [0.1, 0.15) is 49.8 Å². The third kappa shape index (κ3) is 6.32. The Kier molecular flexibility index (Phi) is 8.22. The number of hydrogen-bond acceptors (Lipinski definition) is 7. The Bertz CT molecular complexity index is 1250. The van der Waals surface area contributed by atoms with Gasteiger partial charge in [0.25, 0.3) is 0 Å². The maximum Gasteiger partial charge on any atom is 0.410 e. The van der Waals surface area contributed by atoms with Crippen molar-refractivity contribution >= 4 is 29.9 Å². The number of carbonyl (C=O) groups excluding carboxylic acids is 2. The van der Waals surface area contributed by atoms with Crippen LogP contribution in [0.3, 0.4) is 0 Å². The first kappa shape index (κ1) is 26.2. The molecular weight excluding hydrogens is 504 g/mol. The molecular formula is C28H33ClN6O3. The highest BCUT2D eigenvalue weighted by Gasteiger charge is 2.31. The van der Waals surface area contributed by atoms with Gasteiger partial charge < -0.3 is 15.0 Å². The summed E-state index contributed by atoms with van der Waals surface area (Å²) in [5, 5.41) is 8.45. The summed E-state index contributed by atoms with van der Waals surface area (Å²) in [7, 11) is 1.96. The first-order valence-electron chi connectivity index (χ1n) is 13.2. The van der Waals surface area contributed by atoms with E-state index in [0.717, 1.165) is 54.8 Å². The molecule has 2 aliphatic carbocycles. The number of nitrogens with zero attached hydrogens (tertiary/aromatic N) is 5. The van der Waals surface area contributed by atoms with Gasteiger partial charge in [0.2, 0.25) is 5.95 Å². The fraction of sp³-hybridized carbons (Fsp3) is 0.464. The van der Waals surface area contributed by atoms with Crippen LogP contribution in [0.25, 0.3) is 11.3 Å². The molecule has 200 valence electrons. The Morgan fingerprint density at radius 1 is 1.16 bits per heavy atom. The second kappa shape index (κ2) is 11.9. The summed E-state index contributed by atoms with van der Waals surface area (Å²) >= 11 is 6.53. The fourth-order valence-electron chi connectivity index (χ4n) is 5.15. The first-order chi connectivity index (χ1) is 18.5. The SMILES string of the molecule is Cn1ncc(-c2nc(NC3CCC(N(Cc4ccccc4)C(=O)OCC=O)CC3)ncc2Cl)c1CC1CC1. The number of nitrogens with one attached hydrogen (secondary N) is 1. The van der Waals surface area contributed by atoms with Crippen molar-refractivity contribution in [2.75, 3.05) is 11.9 Å². The Labute approximate surface area is 227 Å². The Morgan fingerprint density at radius 2 is 1.92 bits per heavy atom. The largest absolute Gasteiger partial charge is 0.442 e. The van der Waals surface area contributed by atoms with Gasteiger partial charge in [-0.2, -0.15) is 5.10 Å². The predicted octanol–water partition coefficient (Wildman–Crippen LogP) is 5.04. The van der Waals surface area contributed by atoms with Crippen LogP contribution in [0.15, 0.2) is 42.7 Å². The second-order valence-electron chi connectivity index (χ2n) is 10.2. The minimum absolute atomic E-state index is 0.0227. The average molecular weight is 537 g/mol. The molecule has 3 aromatic rings. The molecule has 1 N–H and O–H groups in total. The van der Waals surface area contributed by atoms with Gasteiger partial charge in [0.15, 0.2) is 6.29 Å². The van der Waals surface area contributed by atoms with E-state index in [1.54, 1.807) is 11.1 Å². The van der Waals surface area contributed by atoms with Gasteiger partial charge in [-0.05, 0) is 56.4 Å².